The summed E-state index contributed by atoms with van der Waals surface area (Å²) < 4.78 is 59.9. The van der Waals surface area contributed by atoms with E-state index in [0.29, 0.717) is 23.6 Å². The molecule has 0 spiro atoms. The Labute approximate surface area is 251 Å². The highest BCUT2D eigenvalue weighted by Crippen LogP contribution is 2.28. The molecule has 0 aliphatic carbocycles. The molecule has 0 bridgehead atoms. The first-order valence-corrected chi connectivity index (χ1v) is 13.0. The zero-order valence-electron chi connectivity index (χ0n) is 23.9. The van der Waals surface area contributed by atoms with Crippen molar-refractivity contribution in [1.29, 1.82) is 0 Å². The van der Waals surface area contributed by atoms with Crippen molar-refractivity contribution in [1.82, 2.24) is 0 Å². The third-order valence-corrected chi connectivity index (χ3v) is 5.44. The quantitative estimate of drug-likeness (QED) is 0.101. The Morgan fingerprint density at radius 3 is 1.25 bits per heavy atom. The van der Waals surface area contributed by atoms with Crippen LogP contribution in [-0.2, 0) is 19.1 Å². The Hall–Kier alpha value is -5.52. The second kappa shape index (κ2) is 15.6. The Balaban J connectivity index is 1.52. The number of ether oxygens (including phenoxy) is 6. The van der Waals surface area contributed by atoms with E-state index in [-0.39, 0.29) is 48.7 Å². The smallest absolute Gasteiger partial charge is 0.343 e. The van der Waals surface area contributed by atoms with Gasteiger partial charge >= 0.3 is 23.9 Å². The molecule has 0 aromatic heterocycles. The van der Waals surface area contributed by atoms with Crippen molar-refractivity contribution in [2.45, 2.75) is 13.8 Å². The molecule has 44 heavy (non-hydrogen) atoms. The minimum Gasteiger partial charge on any atom is -0.490 e. The highest BCUT2D eigenvalue weighted by Gasteiger charge is 2.19. The number of hydrogen-bond donors (Lipinski definition) is 0. The molecule has 0 amide bonds. The van der Waals surface area contributed by atoms with E-state index in [1.807, 2.05) is 0 Å². The van der Waals surface area contributed by atoms with Crippen LogP contribution in [0.25, 0.3) is 0 Å². The van der Waals surface area contributed by atoms with Crippen molar-refractivity contribution in [3.63, 3.8) is 0 Å². The summed E-state index contributed by atoms with van der Waals surface area (Å²) in [6.45, 7) is 10.1. The van der Waals surface area contributed by atoms with Gasteiger partial charge in [0.2, 0.25) is 0 Å². The molecule has 12 heteroatoms. The van der Waals surface area contributed by atoms with Gasteiger partial charge in [0.1, 0.15) is 37.9 Å². The molecular weight excluding hydrogens is 582 g/mol. The topological polar surface area (TPSA) is 124 Å². The predicted molar refractivity (Wildman–Crippen MR) is 152 cm³/mol. The Morgan fingerprint density at radius 2 is 0.932 bits per heavy atom. The van der Waals surface area contributed by atoms with Gasteiger partial charge in [0.15, 0.2) is 23.1 Å². The number of esters is 4. The highest BCUT2D eigenvalue weighted by molar-refractivity contribution is 5.92. The molecule has 0 aliphatic heterocycles. The molecule has 3 rings (SSSR count). The summed E-state index contributed by atoms with van der Waals surface area (Å²) in [6, 6.07) is 12.3. The lowest BCUT2D eigenvalue weighted by Crippen LogP contribution is -2.13. The van der Waals surface area contributed by atoms with Crippen LogP contribution in [0.15, 0.2) is 85.0 Å². The van der Waals surface area contributed by atoms with Crippen molar-refractivity contribution < 1.29 is 56.4 Å². The zero-order chi connectivity index (χ0) is 32.2. The van der Waals surface area contributed by atoms with Crippen LogP contribution in [0.1, 0.15) is 34.6 Å². The van der Waals surface area contributed by atoms with Crippen LogP contribution < -0.4 is 18.9 Å². The first kappa shape index (κ1) is 33.0. The summed E-state index contributed by atoms with van der Waals surface area (Å²) in [5.41, 5.74) is 0.544. The molecule has 0 saturated heterocycles. The fraction of sp³-hybridized carbons (Fsp3) is 0.188. The van der Waals surface area contributed by atoms with Crippen LogP contribution in [-0.4, -0.2) is 50.3 Å². The van der Waals surface area contributed by atoms with Gasteiger partial charge in [-0.1, -0.05) is 13.2 Å². The summed E-state index contributed by atoms with van der Waals surface area (Å²) in [5, 5.41) is 0. The first-order valence-electron chi connectivity index (χ1n) is 13.0. The fourth-order valence-corrected chi connectivity index (χ4v) is 3.19. The van der Waals surface area contributed by atoms with Crippen LogP contribution in [0.5, 0.6) is 23.0 Å². The zero-order valence-corrected chi connectivity index (χ0v) is 23.9. The summed E-state index contributed by atoms with van der Waals surface area (Å²) in [4.78, 5) is 47.6. The third kappa shape index (κ3) is 9.79. The number of benzene rings is 3. The largest absolute Gasteiger partial charge is 0.490 e. The molecule has 0 unspecified atom stereocenters. The van der Waals surface area contributed by atoms with Gasteiger partial charge in [-0.3, -0.25) is 0 Å². The summed E-state index contributed by atoms with van der Waals surface area (Å²) >= 11 is 0. The van der Waals surface area contributed by atoms with Gasteiger partial charge < -0.3 is 28.4 Å². The minimum atomic E-state index is -1.15. The summed E-state index contributed by atoms with van der Waals surface area (Å²) in [7, 11) is 0. The van der Waals surface area contributed by atoms with Crippen LogP contribution in [0, 0.1) is 11.6 Å². The molecule has 0 radical (unpaired) electrons. The Kier molecular flexibility index (Phi) is 11.7. The van der Waals surface area contributed by atoms with E-state index < -0.39 is 47.0 Å². The maximum atomic E-state index is 14.6. The van der Waals surface area contributed by atoms with E-state index in [0.717, 1.165) is 0 Å². The predicted octanol–water partition coefficient (Wildman–Crippen LogP) is 5.40. The molecule has 0 fully saturated rings. The molecular formula is C32H28F2O10. The second-order valence-electron chi connectivity index (χ2n) is 9.07. The van der Waals surface area contributed by atoms with E-state index in [4.69, 9.17) is 28.4 Å². The average Bonchev–Trinajstić information content (AvgIpc) is 3.00. The van der Waals surface area contributed by atoms with Crippen LogP contribution in [0.4, 0.5) is 8.78 Å². The van der Waals surface area contributed by atoms with Crippen molar-refractivity contribution in [3.8, 4) is 23.0 Å². The molecule has 0 heterocycles. The van der Waals surface area contributed by atoms with E-state index in [2.05, 4.69) is 13.2 Å². The fourth-order valence-electron chi connectivity index (χ4n) is 3.19. The number of carbonyl (C=O) groups excluding carboxylic acids is 4. The number of carbonyl (C=O) groups is 4. The highest BCUT2D eigenvalue weighted by atomic mass is 19.1. The monoisotopic (exact) mass is 610 g/mol. The lowest BCUT2D eigenvalue weighted by Gasteiger charge is -2.11. The second-order valence-corrected chi connectivity index (χ2v) is 9.07. The average molecular weight is 611 g/mol. The van der Waals surface area contributed by atoms with Crippen LogP contribution in [0.2, 0.25) is 0 Å². The van der Waals surface area contributed by atoms with Crippen LogP contribution >= 0.6 is 0 Å². The SMILES string of the molecule is C=C(C)C(=O)OCCOc1ccc(C(=O)Oc2cc(F)c(OC(=O)c3ccc(OCCOC(=O)C(=C)C)cc3)cc2F)cc1. The van der Waals surface area contributed by atoms with Gasteiger partial charge in [-0.25, -0.2) is 28.0 Å². The van der Waals surface area contributed by atoms with Crippen LogP contribution in [0.3, 0.4) is 0 Å². The first-order chi connectivity index (χ1) is 20.9. The Morgan fingerprint density at radius 1 is 0.591 bits per heavy atom. The van der Waals surface area contributed by atoms with E-state index >= 15 is 0 Å². The van der Waals surface area contributed by atoms with E-state index in [1.165, 1.54) is 62.4 Å². The normalized spacial score (nSPS) is 10.3. The number of hydrogen-bond acceptors (Lipinski definition) is 10. The molecule has 230 valence electrons. The van der Waals surface area contributed by atoms with Crippen molar-refractivity contribution >= 4 is 23.9 Å². The lowest BCUT2D eigenvalue weighted by atomic mass is 10.2. The maximum Gasteiger partial charge on any atom is 0.343 e. The number of rotatable bonds is 14. The molecule has 3 aromatic rings. The summed E-state index contributed by atoms with van der Waals surface area (Å²) in [5.74, 6) is -6.07. The molecule has 0 atom stereocenters. The molecule has 3 aromatic carbocycles. The van der Waals surface area contributed by atoms with Gasteiger partial charge in [-0.2, -0.15) is 0 Å². The standard InChI is InChI=1S/C32H28F2O10/c1-19(2)29(35)41-15-13-39-23-9-5-21(6-10-23)31(37)43-27-17-26(34)28(18-25(27)33)44-32(38)22-7-11-24(12-8-22)40-14-16-42-30(36)20(3)4/h5-12,17-18H,1,3,13-16H2,2,4H3. The maximum absolute atomic E-state index is 14.6. The summed E-state index contributed by atoms with van der Waals surface area (Å²) in [6.07, 6.45) is 0. The van der Waals surface area contributed by atoms with Crippen molar-refractivity contribution in [2.75, 3.05) is 26.4 Å². The van der Waals surface area contributed by atoms with E-state index in [1.54, 1.807) is 0 Å². The van der Waals surface area contributed by atoms with Gasteiger partial charge in [0, 0.05) is 23.3 Å². The van der Waals surface area contributed by atoms with Gasteiger partial charge in [-0.05, 0) is 62.4 Å². The molecule has 10 nitrogen and oxygen atoms in total. The van der Waals surface area contributed by atoms with Gasteiger partial charge in [-0.15, -0.1) is 0 Å². The molecule has 0 saturated carbocycles. The van der Waals surface area contributed by atoms with Crippen molar-refractivity contribution in [3.05, 3.63) is 108 Å². The van der Waals surface area contributed by atoms with Gasteiger partial charge in [0.25, 0.3) is 0 Å². The van der Waals surface area contributed by atoms with E-state index in [9.17, 15) is 28.0 Å². The van der Waals surface area contributed by atoms with Gasteiger partial charge in [0.05, 0.1) is 11.1 Å². The molecule has 0 N–H and O–H groups in total. The minimum absolute atomic E-state index is 0.00928. The number of halogens is 2. The Bertz CT molecular complexity index is 1430. The lowest BCUT2D eigenvalue weighted by molar-refractivity contribution is -0.140. The molecule has 0 aliphatic rings. The van der Waals surface area contributed by atoms with Crippen molar-refractivity contribution in [2.24, 2.45) is 0 Å². The third-order valence-electron chi connectivity index (χ3n) is 5.44.